The highest BCUT2D eigenvalue weighted by Gasteiger charge is 2.46. The minimum absolute atomic E-state index is 0.0692. The monoisotopic (exact) mass is 272 g/mol. The summed E-state index contributed by atoms with van der Waals surface area (Å²) < 4.78 is 0. The van der Waals surface area contributed by atoms with Crippen LogP contribution in [-0.2, 0) is 4.79 Å². The zero-order valence-corrected chi connectivity index (χ0v) is 11.5. The maximum Gasteiger partial charge on any atom is 0.451 e. The van der Waals surface area contributed by atoms with Crippen LogP contribution in [0.4, 0.5) is 0 Å². The van der Waals surface area contributed by atoms with E-state index in [2.05, 4.69) is 5.32 Å². The molecule has 6 N–H and O–H groups in total. The first-order valence-corrected chi connectivity index (χ1v) is 6.99. The summed E-state index contributed by atoms with van der Waals surface area (Å²) in [5.41, 5.74) is 4.92. The fourth-order valence-electron chi connectivity index (χ4n) is 2.94. The molecule has 1 aliphatic carbocycles. The number of carbonyl (C=O) groups is 1. The first-order valence-electron chi connectivity index (χ1n) is 6.99. The minimum atomic E-state index is -1.32. The van der Waals surface area contributed by atoms with Gasteiger partial charge in [0.2, 0.25) is 0 Å². The molecule has 0 aromatic rings. The second-order valence-corrected chi connectivity index (χ2v) is 5.56. The molecule has 0 unspecified atom stereocenters. The summed E-state index contributed by atoms with van der Waals surface area (Å²) in [4.78, 5) is 11.5. The molecule has 0 amide bonds. The molecule has 0 radical (unpaired) electrons. The molecule has 0 aromatic heterocycles. The molecule has 0 bridgehead atoms. The number of carboxylic acid groups (broad SMARTS) is 1. The smallest absolute Gasteiger partial charge is 0.451 e. The van der Waals surface area contributed by atoms with E-state index in [9.17, 15) is 9.90 Å². The number of nitrogens with two attached hydrogens (primary N) is 1. The Labute approximate surface area is 114 Å². The van der Waals surface area contributed by atoms with Crippen molar-refractivity contribution < 1.29 is 19.9 Å². The van der Waals surface area contributed by atoms with Gasteiger partial charge in [-0.25, -0.2) is 0 Å². The third-order valence-electron chi connectivity index (χ3n) is 4.15. The van der Waals surface area contributed by atoms with Crippen LogP contribution in [0.2, 0.25) is 6.32 Å². The highest BCUT2D eigenvalue weighted by molar-refractivity contribution is 6.40. The van der Waals surface area contributed by atoms with Crippen molar-refractivity contribution in [3.63, 3.8) is 0 Å². The van der Waals surface area contributed by atoms with Crippen LogP contribution < -0.4 is 11.1 Å². The zero-order chi connectivity index (χ0) is 14.5. The van der Waals surface area contributed by atoms with E-state index in [1.165, 1.54) is 0 Å². The Morgan fingerprint density at radius 3 is 2.68 bits per heavy atom. The summed E-state index contributed by atoms with van der Waals surface area (Å²) in [6.45, 7) is 3.40. The normalized spacial score (nSPS) is 31.2. The lowest BCUT2D eigenvalue weighted by Gasteiger charge is -2.41. The van der Waals surface area contributed by atoms with Gasteiger partial charge in [0, 0.05) is 12.5 Å². The van der Waals surface area contributed by atoms with Gasteiger partial charge in [0.25, 0.3) is 0 Å². The van der Waals surface area contributed by atoms with Crippen LogP contribution in [0.25, 0.3) is 0 Å². The predicted octanol–water partition coefficient (Wildman–Crippen LogP) is -0.343. The molecular formula is C12H25BN2O4. The maximum atomic E-state index is 11.5. The van der Waals surface area contributed by atoms with E-state index in [4.69, 9.17) is 15.8 Å². The topological polar surface area (TPSA) is 116 Å². The Bertz CT molecular complexity index is 303. The van der Waals surface area contributed by atoms with Gasteiger partial charge in [-0.05, 0) is 38.0 Å². The summed E-state index contributed by atoms with van der Waals surface area (Å²) in [6.07, 6.45) is 2.96. The van der Waals surface area contributed by atoms with Gasteiger partial charge in [-0.1, -0.05) is 13.3 Å². The molecule has 6 nitrogen and oxygen atoms in total. The molecular weight excluding hydrogens is 247 g/mol. The van der Waals surface area contributed by atoms with Crippen molar-refractivity contribution in [2.24, 2.45) is 17.6 Å². The molecule has 0 saturated heterocycles. The Morgan fingerprint density at radius 1 is 1.47 bits per heavy atom. The summed E-state index contributed by atoms with van der Waals surface area (Å²) in [7, 11) is -1.32. The highest BCUT2D eigenvalue weighted by Crippen LogP contribution is 2.37. The summed E-state index contributed by atoms with van der Waals surface area (Å²) in [6, 6.07) is 0. The average Bonchev–Trinajstić information content (AvgIpc) is 2.35. The zero-order valence-electron chi connectivity index (χ0n) is 11.5. The number of aliphatic carboxylic acids is 1. The van der Waals surface area contributed by atoms with Crippen LogP contribution in [0.1, 0.15) is 32.6 Å². The van der Waals surface area contributed by atoms with Crippen LogP contribution in [0.15, 0.2) is 0 Å². The molecule has 1 saturated carbocycles. The molecule has 7 heteroatoms. The Kier molecular flexibility index (Phi) is 6.26. The van der Waals surface area contributed by atoms with Gasteiger partial charge >= 0.3 is 13.1 Å². The summed E-state index contributed by atoms with van der Waals surface area (Å²) in [5, 5.41) is 30.4. The molecule has 1 rings (SSSR count). The van der Waals surface area contributed by atoms with Crippen LogP contribution in [0.5, 0.6) is 0 Å². The van der Waals surface area contributed by atoms with Gasteiger partial charge in [-0.15, -0.1) is 0 Å². The van der Waals surface area contributed by atoms with E-state index < -0.39 is 18.6 Å². The van der Waals surface area contributed by atoms with Gasteiger partial charge in [-0.3, -0.25) is 4.79 Å². The predicted molar refractivity (Wildman–Crippen MR) is 73.5 cm³/mol. The SMILES string of the molecule is CCNC[C@@H]1CC[C@@H](CCB(O)O)C[C@]1(N)C(=O)O. The lowest BCUT2D eigenvalue weighted by molar-refractivity contribution is -0.148. The number of hydrogen-bond donors (Lipinski definition) is 5. The average molecular weight is 272 g/mol. The van der Waals surface area contributed by atoms with Gasteiger partial charge in [0.1, 0.15) is 5.54 Å². The molecule has 1 aliphatic rings. The quantitative estimate of drug-likeness (QED) is 0.405. The van der Waals surface area contributed by atoms with Gasteiger partial charge in [-0.2, -0.15) is 0 Å². The van der Waals surface area contributed by atoms with Crippen molar-refractivity contribution >= 4 is 13.1 Å². The second kappa shape index (κ2) is 7.24. The van der Waals surface area contributed by atoms with E-state index in [-0.39, 0.29) is 18.2 Å². The van der Waals surface area contributed by atoms with Crippen LogP contribution in [0, 0.1) is 11.8 Å². The van der Waals surface area contributed by atoms with Crippen LogP contribution in [-0.4, -0.2) is 46.9 Å². The lowest BCUT2D eigenvalue weighted by atomic mass is 9.66. The fraction of sp³-hybridized carbons (Fsp3) is 0.917. The fourth-order valence-corrected chi connectivity index (χ4v) is 2.94. The number of nitrogens with one attached hydrogen (secondary N) is 1. The molecule has 19 heavy (non-hydrogen) atoms. The first kappa shape index (κ1) is 16.4. The van der Waals surface area contributed by atoms with Gasteiger partial charge in [0.15, 0.2) is 0 Å². The largest absolute Gasteiger partial charge is 0.480 e. The van der Waals surface area contributed by atoms with E-state index >= 15 is 0 Å². The van der Waals surface area contributed by atoms with Gasteiger partial charge < -0.3 is 26.2 Å². The van der Waals surface area contributed by atoms with Crippen molar-refractivity contribution in [1.29, 1.82) is 0 Å². The first-order chi connectivity index (χ1) is 8.90. The molecule has 0 heterocycles. The molecule has 3 atom stereocenters. The lowest BCUT2D eigenvalue weighted by Crippen LogP contribution is -2.59. The highest BCUT2D eigenvalue weighted by atomic mass is 16.4. The van der Waals surface area contributed by atoms with E-state index in [0.717, 1.165) is 19.4 Å². The Balaban J connectivity index is 2.63. The van der Waals surface area contributed by atoms with Gasteiger partial charge in [0.05, 0.1) is 0 Å². The third-order valence-corrected chi connectivity index (χ3v) is 4.15. The van der Waals surface area contributed by atoms with Crippen molar-refractivity contribution in [1.82, 2.24) is 5.32 Å². The van der Waals surface area contributed by atoms with E-state index in [1.54, 1.807) is 0 Å². The molecule has 0 aliphatic heterocycles. The summed E-state index contributed by atoms with van der Waals surface area (Å²) in [5.74, 6) is -0.870. The van der Waals surface area contributed by atoms with Crippen LogP contribution in [0.3, 0.4) is 0 Å². The molecule has 110 valence electrons. The van der Waals surface area contributed by atoms with Crippen LogP contribution >= 0.6 is 0 Å². The van der Waals surface area contributed by atoms with Crippen molar-refractivity contribution in [3.05, 3.63) is 0 Å². The number of carboxylic acids is 1. The molecule has 0 aromatic carbocycles. The number of rotatable bonds is 7. The summed E-state index contributed by atoms with van der Waals surface area (Å²) >= 11 is 0. The van der Waals surface area contributed by atoms with E-state index in [1.807, 2.05) is 6.92 Å². The van der Waals surface area contributed by atoms with Crippen molar-refractivity contribution in [2.75, 3.05) is 13.1 Å². The van der Waals surface area contributed by atoms with Crippen molar-refractivity contribution in [3.8, 4) is 0 Å². The number of hydrogen-bond acceptors (Lipinski definition) is 5. The standard InChI is InChI=1S/C12H25BN2O4/c1-2-15-8-10-4-3-9(5-6-13(18)19)7-12(10,14)11(16)17/h9-10,15,18-19H,2-8,14H2,1H3,(H,16,17)/t9-,10-,12+/m0/s1. The molecule has 1 fully saturated rings. The molecule has 0 spiro atoms. The Morgan fingerprint density at radius 2 is 2.16 bits per heavy atom. The second-order valence-electron chi connectivity index (χ2n) is 5.56. The Hall–Kier alpha value is -0.625. The minimum Gasteiger partial charge on any atom is -0.480 e. The van der Waals surface area contributed by atoms with E-state index in [0.29, 0.717) is 19.4 Å². The van der Waals surface area contributed by atoms with Crippen molar-refractivity contribution in [2.45, 2.75) is 44.5 Å². The maximum absolute atomic E-state index is 11.5. The third kappa shape index (κ3) is 4.45.